The van der Waals surface area contributed by atoms with Crippen molar-refractivity contribution in [1.29, 1.82) is 0 Å². The fourth-order valence-electron chi connectivity index (χ4n) is 3.23. The Hall–Kier alpha value is -0.0800. The standard InChI is InChI=1S/C13H26N2/c1-3-13-8-7-11(2)15(13)10-12-6-4-5-9-14-12/h11-14H,3-10H2,1-2H3. The Labute approximate surface area is 94.4 Å². The third-order valence-corrected chi connectivity index (χ3v) is 4.27. The fraction of sp³-hybridized carbons (Fsp3) is 1.00. The maximum Gasteiger partial charge on any atom is 0.0195 e. The highest BCUT2D eigenvalue weighted by Gasteiger charge is 2.30. The second kappa shape index (κ2) is 5.31. The number of hydrogen-bond acceptors (Lipinski definition) is 2. The maximum absolute atomic E-state index is 3.67. The second-order valence-corrected chi connectivity index (χ2v) is 5.33. The number of piperidine rings is 1. The van der Waals surface area contributed by atoms with Crippen molar-refractivity contribution in [2.75, 3.05) is 13.1 Å². The van der Waals surface area contributed by atoms with Crippen molar-refractivity contribution in [3.63, 3.8) is 0 Å². The molecule has 15 heavy (non-hydrogen) atoms. The summed E-state index contributed by atoms with van der Waals surface area (Å²) in [6, 6.07) is 2.45. The van der Waals surface area contributed by atoms with Crippen molar-refractivity contribution in [1.82, 2.24) is 10.2 Å². The largest absolute Gasteiger partial charge is 0.313 e. The SMILES string of the molecule is CCC1CCC(C)N1CC1CCCCN1. The molecule has 0 radical (unpaired) electrons. The molecule has 2 heteroatoms. The average molecular weight is 210 g/mol. The average Bonchev–Trinajstić information content (AvgIpc) is 2.62. The molecule has 2 aliphatic heterocycles. The predicted molar refractivity (Wildman–Crippen MR) is 65.1 cm³/mol. The van der Waals surface area contributed by atoms with E-state index in [2.05, 4.69) is 24.1 Å². The summed E-state index contributed by atoms with van der Waals surface area (Å²) in [7, 11) is 0. The van der Waals surface area contributed by atoms with Gasteiger partial charge in [-0.05, 0) is 45.6 Å². The van der Waals surface area contributed by atoms with E-state index in [1.807, 2.05) is 0 Å². The van der Waals surface area contributed by atoms with Crippen molar-refractivity contribution in [3.05, 3.63) is 0 Å². The Bertz CT molecular complexity index is 187. The number of nitrogens with zero attached hydrogens (tertiary/aromatic N) is 1. The van der Waals surface area contributed by atoms with Crippen LogP contribution in [0.25, 0.3) is 0 Å². The molecular formula is C13H26N2. The first-order valence-electron chi connectivity index (χ1n) is 6.80. The quantitative estimate of drug-likeness (QED) is 0.769. The molecular weight excluding hydrogens is 184 g/mol. The zero-order valence-corrected chi connectivity index (χ0v) is 10.3. The van der Waals surface area contributed by atoms with Crippen LogP contribution in [0.1, 0.15) is 52.4 Å². The first kappa shape index (κ1) is 11.4. The summed E-state index contributed by atoms with van der Waals surface area (Å²) in [5.74, 6) is 0. The molecule has 2 fully saturated rings. The topological polar surface area (TPSA) is 15.3 Å². The Kier molecular flexibility index (Phi) is 4.04. The summed E-state index contributed by atoms with van der Waals surface area (Å²) in [5.41, 5.74) is 0. The number of nitrogens with one attached hydrogen (secondary N) is 1. The lowest BCUT2D eigenvalue weighted by Gasteiger charge is -2.33. The van der Waals surface area contributed by atoms with Gasteiger partial charge in [0.1, 0.15) is 0 Å². The fourth-order valence-corrected chi connectivity index (χ4v) is 3.23. The van der Waals surface area contributed by atoms with Crippen molar-refractivity contribution < 1.29 is 0 Å². The molecule has 2 saturated heterocycles. The molecule has 2 rings (SSSR count). The van der Waals surface area contributed by atoms with Crippen LogP contribution in [0.4, 0.5) is 0 Å². The maximum atomic E-state index is 3.67. The molecule has 3 atom stereocenters. The van der Waals surface area contributed by atoms with Crippen LogP contribution >= 0.6 is 0 Å². The van der Waals surface area contributed by atoms with Gasteiger partial charge >= 0.3 is 0 Å². The van der Waals surface area contributed by atoms with Crippen LogP contribution in [-0.4, -0.2) is 36.1 Å². The van der Waals surface area contributed by atoms with E-state index in [4.69, 9.17) is 0 Å². The third-order valence-electron chi connectivity index (χ3n) is 4.27. The highest BCUT2D eigenvalue weighted by molar-refractivity contribution is 4.88. The van der Waals surface area contributed by atoms with E-state index in [9.17, 15) is 0 Å². The van der Waals surface area contributed by atoms with E-state index in [1.165, 1.54) is 51.6 Å². The third kappa shape index (κ3) is 2.73. The Morgan fingerprint density at radius 3 is 2.73 bits per heavy atom. The Morgan fingerprint density at radius 2 is 2.07 bits per heavy atom. The summed E-state index contributed by atoms with van der Waals surface area (Å²) in [4.78, 5) is 2.75. The molecule has 0 spiro atoms. The van der Waals surface area contributed by atoms with Crippen LogP contribution in [0.2, 0.25) is 0 Å². The highest BCUT2D eigenvalue weighted by atomic mass is 15.2. The first-order valence-corrected chi connectivity index (χ1v) is 6.80. The van der Waals surface area contributed by atoms with Crippen molar-refractivity contribution in [2.45, 2.75) is 70.5 Å². The zero-order valence-electron chi connectivity index (χ0n) is 10.3. The molecule has 0 aromatic carbocycles. The molecule has 2 nitrogen and oxygen atoms in total. The summed E-state index contributed by atoms with van der Waals surface area (Å²) in [6.07, 6.45) is 8.35. The van der Waals surface area contributed by atoms with Gasteiger partial charge in [0.2, 0.25) is 0 Å². The van der Waals surface area contributed by atoms with Gasteiger partial charge in [-0.3, -0.25) is 4.90 Å². The van der Waals surface area contributed by atoms with Crippen LogP contribution in [0.5, 0.6) is 0 Å². The number of likely N-dealkylation sites (tertiary alicyclic amines) is 1. The van der Waals surface area contributed by atoms with Gasteiger partial charge in [0.15, 0.2) is 0 Å². The molecule has 0 bridgehead atoms. The van der Waals surface area contributed by atoms with Gasteiger partial charge in [0, 0.05) is 24.7 Å². The lowest BCUT2D eigenvalue weighted by atomic mass is 10.0. The van der Waals surface area contributed by atoms with E-state index in [0.29, 0.717) is 0 Å². The lowest BCUT2D eigenvalue weighted by Crippen LogP contribution is -2.47. The minimum Gasteiger partial charge on any atom is -0.313 e. The second-order valence-electron chi connectivity index (χ2n) is 5.33. The summed E-state index contributed by atoms with van der Waals surface area (Å²) in [5, 5.41) is 3.67. The monoisotopic (exact) mass is 210 g/mol. The number of rotatable bonds is 3. The molecule has 0 saturated carbocycles. The van der Waals surface area contributed by atoms with Crippen molar-refractivity contribution in [2.24, 2.45) is 0 Å². The molecule has 0 amide bonds. The number of hydrogen-bond donors (Lipinski definition) is 1. The van der Waals surface area contributed by atoms with Crippen molar-refractivity contribution >= 4 is 0 Å². The van der Waals surface area contributed by atoms with Crippen LogP contribution in [-0.2, 0) is 0 Å². The van der Waals surface area contributed by atoms with Crippen molar-refractivity contribution in [3.8, 4) is 0 Å². The highest BCUT2D eigenvalue weighted by Crippen LogP contribution is 2.26. The lowest BCUT2D eigenvalue weighted by molar-refractivity contribution is 0.166. The molecule has 2 aliphatic rings. The van der Waals surface area contributed by atoms with E-state index in [-0.39, 0.29) is 0 Å². The van der Waals surface area contributed by atoms with Crippen LogP contribution in [0.3, 0.4) is 0 Å². The zero-order chi connectivity index (χ0) is 10.7. The van der Waals surface area contributed by atoms with Crippen LogP contribution in [0.15, 0.2) is 0 Å². The van der Waals surface area contributed by atoms with Gasteiger partial charge in [-0.15, -0.1) is 0 Å². The smallest absolute Gasteiger partial charge is 0.0195 e. The van der Waals surface area contributed by atoms with Gasteiger partial charge in [-0.1, -0.05) is 13.3 Å². The van der Waals surface area contributed by atoms with Gasteiger partial charge in [0.05, 0.1) is 0 Å². The Balaban J connectivity index is 1.85. The molecule has 0 aromatic heterocycles. The van der Waals surface area contributed by atoms with E-state index >= 15 is 0 Å². The van der Waals surface area contributed by atoms with Gasteiger partial charge in [-0.25, -0.2) is 0 Å². The van der Waals surface area contributed by atoms with Gasteiger partial charge < -0.3 is 5.32 Å². The summed E-state index contributed by atoms with van der Waals surface area (Å²) < 4.78 is 0. The normalized spacial score (nSPS) is 38.4. The van der Waals surface area contributed by atoms with Gasteiger partial charge in [-0.2, -0.15) is 0 Å². The minimum atomic E-state index is 0.772. The molecule has 1 N–H and O–H groups in total. The molecule has 3 unspecified atom stereocenters. The summed E-state index contributed by atoms with van der Waals surface area (Å²) >= 11 is 0. The minimum absolute atomic E-state index is 0.772. The molecule has 0 aromatic rings. The predicted octanol–water partition coefficient (Wildman–Crippen LogP) is 2.39. The first-order chi connectivity index (χ1) is 7.31. The molecule has 2 heterocycles. The van der Waals surface area contributed by atoms with Crippen LogP contribution in [0, 0.1) is 0 Å². The van der Waals surface area contributed by atoms with Gasteiger partial charge in [0.25, 0.3) is 0 Å². The Morgan fingerprint density at radius 1 is 1.20 bits per heavy atom. The molecule has 88 valence electrons. The van der Waals surface area contributed by atoms with E-state index < -0.39 is 0 Å². The van der Waals surface area contributed by atoms with Crippen LogP contribution < -0.4 is 5.32 Å². The molecule has 0 aliphatic carbocycles. The summed E-state index contributed by atoms with van der Waals surface area (Å²) in [6.45, 7) is 7.27. The van der Waals surface area contributed by atoms with E-state index in [0.717, 1.165) is 18.1 Å². The van der Waals surface area contributed by atoms with E-state index in [1.54, 1.807) is 0 Å².